The molecule has 3 heterocycles. The van der Waals surface area contributed by atoms with E-state index in [1.165, 1.54) is 0 Å². The molecular weight excluding hydrogens is 426 g/mol. The van der Waals surface area contributed by atoms with Crippen LogP contribution in [0.5, 0.6) is 5.75 Å². The summed E-state index contributed by atoms with van der Waals surface area (Å²) < 4.78 is 5.94. The Morgan fingerprint density at radius 1 is 1.03 bits per heavy atom. The van der Waals surface area contributed by atoms with Crippen molar-refractivity contribution in [2.75, 3.05) is 42.9 Å². The summed E-state index contributed by atoms with van der Waals surface area (Å²) in [6, 6.07) is 21.9. The number of pyridine rings is 1. The van der Waals surface area contributed by atoms with E-state index in [9.17, 15) is 4.79 Å². The quantitative estimate of drug-likeness (QED) is 0.428. The molecule has 0 saturated carbocycles. The van der Waals surface area contributed by atoms with E-state index in [0.29, 0.717) is 25.4 Å². The Balaban J connectivity index is 1.23. The van der Waals surface area contributed by atoms with Gasteiger partial charge in [-0.1, -0.05) is 30.3 Å². The van der Waals surface area contributed by atoms with Gasteiger partial charge in [-0.2, -0.15) is 0 Å². The maximum Gasteiger partial charge on any atom is 0.270 e. The SMILES string of the molecule is CCNc1cccnc1N1CCN(C(=O)c2cc3cc(OCc4ccccc4)ccc3[nH]2)CC1. The highest BCUT2D eigenvalue weighted by Crippen LogP contribution is 2.26. The van der Waals surface area contributed by atoms with E-state index in [1.54, 1.807) is 0 Å². The van der Waals surface area contributed by atoms with E-state index in [-0.39, 0.29) is 5.91 Å². The Kier molecular flexibility index (Phi) is 6.33. The lowest BCUT2D eigenvalue weighted by Crippen LogP contribution is -2.49. The van der Waals surface area contributed by atoms with Gasteiger partial charge in [-0.15, -0.1) is 0 Å². The molecule has 1 fully saturated rings. The van der Waals surface area contributed by atoms with Crippen LogP contribution in [-0.2, 0) is 6.61 Å². The fourth-order valence-corrected chi connectivity index (χ4v) is 4.33. The summed E-state index contributed by atoms with van der Waals surface area (Å²) in [5, 5.41) is 4.34. The topological polar surface area (TPSA) is 73.5 Å². The zero-order valence-electron chi connectivity index (χ0n) is 19.3. The Morgan fingerprint density at radius 2 is 1.85 bits per heavy atom. The first-order valence-electron chi connectivity index (χ1n) is 11.7. The number of aromatic nitrogens is 2. The highest BCUT2D eigenvalue weighted by Gasteiger charge is 2.25. The molecule has 2 aromatic heterocycles. The average molecular weight is 456 g/mol. The number of carbonyl (C=O) groups excluding carboxylic acids is 1. The Hall–Kier alpha value is -4.00. The van der Waals surface area contributed by atoms with E-state index >= 15 is 0 Å². The lowest BCUT2D eigenvalue weighted by molar-refractivity contribution is 0.0741. The average Bonchev–Trinajstić information content (AvgIpc) is 3.32. The number of rotatable bonds is 7. The number of benzene rings is 2. The van der Waals surface area contributed by atoms with Crippen molar-refractivity contribution < 1.29 is 9.53 Å². The summed E-state index contributed by atoms with van der Waals surface area (Å²) in [4.78, 5) is 25.2. The van der Waals surface area contributed by atoms with E-state index in [1.807, 2.05) is 77.8 Å². The molecule has 1 amide bonds. The minimum atomic E-state index is 0.0236. The van der Waals surface area contributed by atoms with Crippen LogP contribution in [0, 0.1) is 0 Å². The molecule has 1 saturated heterocycles. The molecule has 1 aliphatic rings. The maximum absolute atomic E-state index is 13.2. The number of hydrogen-bond donors (Lipinski definition) is 2. The lowest BCUT2D eigenvalue weighted by Gasteiger charge is -2.36. The van der Waals surface area contributed by atoms with E-state index in [2.05, 4.69) is 27.1 Å². The number of ether oxygens (including phenoxy) is 1. The smallest absolute Gasteiger partial charge is 0.270 e. The predicted octanol–water partition coefficient (Wildman–Crippen LogP) is 4.54. The molecule has 0 atom stereocenters. The van der Waals surface area contributed by atoms with Crippen LogP contribution >= 0.6 is 0 Å². The first-order valence-corrected chi connectivity index (χ1v) is 11.7. The summed E-state index contributed by atoms with van der Waals surface area (Å²) in [6.07, 6.45) is 1.82. The standard InChI is InChI=1S/C27H29N5O2/c1-2-28-24-9-6-12-29-26(24)31-13-15-32(16-14-31)27(33)25-18-21-17-22(10-11-23(21)30-25)34-19-20-7-4-3-5-8-20/h3-12,17-18,28,30H,2,13-16,19H2,1H3. The second-order valence-electron chi connectivity index (χ2n) is 8.39. The maximum atomic E-state index is 13.2. The number of nitrogens with zero attached hydrogens (tertiary/aromatic N) is 3. The molecule has 4 aromatic rings. The van der Waals surface area contributed by atoms with E-state index in [0.717, 1.165) is 53.4 Å². The second kappa shape index (κ2) is 9.87. The predicted molar refractivity (Wildman–Crippen MR) is 136 cm³/mol. The fraction of sp³-hybridized carbons (Fsp3) is 0.259. The van der Waals surface area contributed by atoms with Crippen molar-refractivity contribution in [3.05, 3.63) is 84.2 Å². The highest BCUT2D eigenvalue weighted by atomic mass is 16.5. The monoisotopic (exact) mass is 455 g/mol. The van der Waals surface area contributed by atoms with Gasteiger partial charge < -0.3 is 24.8 Å². The van der Waals surface area contributed by atoms with Gasteiger partial charge in [0.15, 0.2) is 5.82 Å². The zero-order valence-corrected chi connectivity index (χ0v) is 19.3. The number of hydrogen-bond acceptors (Lipinski definition) is 5. The molecular formula is C27H29N5O2. The summed E-state index contributed by atoms with van der Waals surface area (Å²) in [5.41, 5.74) is 3.69. The van der Waals surface area contributed by atoms with Gasteiger partial charge in [0.1, 0.15) is 18.1 Å². The number of piperazine rings is 1. The van der Waals surface area contributed by atoms with E-state index < -0.39 is 0 Å². The third-order valence-corrected chi connectivity index (χ3v) is 6.09. The van der Waals surface area contributed by atoms with Crippen molar-refractivity contribution in [1.29, 1.82) is 0 Å². The molecule has 2 aromatic carbocycles. The van der Waals surface area contributed by atoms with Crippen molar-refractivity contribution >= 4 is 28.3 Å². The number of amides is 1. The third kappa shape index (κ3) is 4.69. The number of anilines is 2. The molecule has 0 bridgehead atoms. The van der Waals surface area contributed by atoms with Gasteiger partial charge >= 0.3 is 0 Å². The van der Waals surface area contributed by atoms with Crippen LogP contribution in [0.2, 0.25) is 0 Å². The molecule has 2 N–H and O–H groups in total. The molecule has 34 heavy (non-hydrogen) atoms. The van der Waals surface area contributed by atoms with Crippen molar-refractivity contribution in [3.8, 4) is 5.75 Å². The molecule has 1 aliphatic heterocycles. The molecule has 0 aliphatic carbocycles. The Morgan fingerprint density at radius 3 is 2.65 bits per heavy atom. The molecule has 7 nitrogen and oxygen atoms in total. The van der Waals surface area contributed by atoms with Crippen molar-refractivity contribution in [3.63, 3.8) is 0 Å². The van der Waals surface area contributed by atoms with Crippen LogP contribution in [0.15, 0.2) is 72.9 Å². The van der Waals surface area contributed by atoms with Crippen LogP contribution in [0.3, 0.4) is 0 Å². The number of nitrogens with one attached hydrogen (secondary N) is 2. The van der Waals surface area contributed by atoms with Crippen molar-refractivity contribution in [1.82, 2.24) is 14.9 Å². The van der Waals surface area contributed by atoms with Gasteiger partial charge in [0.05, 0.1) is 5.69 Å². The first-order chi connectivity index (χ1) is 16.7. The van der Waals surface area contributed by atoms with Crippen molar-refractivity contribution in [2.24, 2.45) is 0 Å². The fourth-order valence-electron chi connectivity index (χ4n) is 4.33. The molecule has 0 spiro atoms. The molecule has 7 heteroatoms. The number of H-pyrrole nitrogens is 1. The minimum Gasteiger partial charge on any atom is -0.489 e. The zero-order chi connectivity index (χ0) is 23.3. The van der Waals surface area contributed by atoms with E-state index in [4.69, 9.17) is 4.74 Å². The minimum absolute atomic E-state index is 0.0236. The van der Waals surface area contributed by atoms with Crippen LogP contribution in [0.4, 0.5) is 11.5 Å². The van der Waals surface area contributed by atoms with Crippen LogP contribution in [0.25, 0.3) is 10.9 Å². The second-order valence-corrected chi connectivity index (χ2v) is 8.39. The molecule has 174 valence electrons. The lowest BCUT2D eigenvalue weighted by atomic mass is 10.2. The number of fused-ring (bicyclic) bond motifs is 1. The van der Waals surface area contributed by atoms with Crippen LogP contribution in [-0.4, -0.2) is 53.5 Å². The van der Waals surface area contributed by atoms with Gasteiger partial charge in [0, 0.05) is 49.8 Å². The molecule has 0 radical (unpaired) electrons. The van der Waals surface area contributed by atoms with Crippen LogP contribution < -0.4 is 15.0 Å². The third-order valence-electron chi connectivity index (χ3n) is 6.09. The molecule has 0 unspecified atom stereocenters. The van der Waals surface area contributed by atoms with Crippen LogP contribution in [0.1, 0.15) is 23.0 Å². The van der Waals surface area contributed by atoms with Crippen molar-refractivity contribution in [2.45, 2.75) is 13.5 Å². The van der Waals surface area contributed by atoms with Gasteiger partial charge in [-0.05, 0) is 48.9 Å². The Labute approximate surface area is 199 Å². The van der Waals surface area contributed by atoms with Gasteiger partial charge in [0.25, 0.3) is 5.91 Å². The molecule has 5 rings (SSSR count). The van der Waals surface area contributed by atoms with Gasteiger partial charge in [0.2, 0.25) is 0 Å². The first kappa shape index (κ1) is 21.8. The number of aromatic amines is 1. The highest BCUT2D eigenvalue weighted by molar-refractivity contribution is 5.98. The van der Waals surface area contributed by atoms with Gasteiger partial charge in [-0.3, -0.25) is 4.79 Å². The normalized spacial score (nSPS) is 13.8. The summed E-state index contributed by atoms with van der Waals surface area (Å²) in [6.45, 7) is 6.24. The summed E-state index contributed by atoms with van der Waals surface area (Å²) in [5.74, 6) is 1.76. The summed E-state index contributed by atoms with van der Waals surface area (Å²) >= 11 is 0. The Bertz CT molecular complexity index is 1260. The summed E-state index contributed by atoms with van der Waals surface area (Å²) in [7, 11) is 0. The van der Waals surface area contributed by atoms with Gasteiger partial charge in [-0.25, -0.2) is 4.98 Å². The largest absolute Gasteiger partial charge is 0.489 e. The number of carbonyl (C=O) groups is 1.